The number of nitrogens with zero attached hydrogens (tertiary/aromatic N) is 2. The Labute approximate surface area is 171 Å². The zero-order chi connectivity index (χ0) is 20.4. The van der Waals surface area contributed by atoms with Crippen molar-refractivity contribution in [1.82, 2.24) is 9.78 Å². The number of benzene rings is 3. The van der Waals surface area contributed by atoms with Crippen molar-refractivity contribution in [3.05, 3.63) is 83.9 Å². The van der Waals surface area contributed by atoms with Crippen molar-refractivity contribution in [3.63, 3.8) is 0 Å². The van der Waals surface area contributed by atoms with E-state index in [0.717, 1.165) is 45.3 Å². The summed E-state index contributed by atoms with van der Waals surface area (Å²) in [6.07, 6.45) is 0. The Morgan fingerprint density at radius 3 is 1.93 bits per heavy atom. The molecule has 0 aliphatic rings. The van der Waals surface area contributed by atoms with Crippen LogP contribution in [-0.2, 0) is 0 Å². The summed E-state index contributed by atoms with van der Waals surface area (Å²) in [6.45, 7) is 4.20. The molecule has 29 heavy (non-hydrogen) atoms. The van der Waals surface area contributed by atoms with E-state index < -0.39 is 0 Å². The smallest absolute Gasteiger partial charge is 0.119 e. The molecule has 1 heterocycles. The van der Waals surface area contributed by atoms with Crippen LogP contribution in [0.25, 0.3) is 28.2 Å². The first-order chi connectivity index (χ1) is 14.1. The minimum atomic E-state index is 0.815. The fraction of sp³-hybridized carbons (Fsp3) is 0.160. The Balaban J connectivity index is 1.96. The van der Waals surface area contributed by atoms with Gasteiger partial charge in [0.1, 0.15) is 11.5 Å². The molecule has 4 nitrogen and oxygen atoms in total. The molecule has 0 fully saturated rings. The predicted octanol–water partition coefficient (Wildman–Crippen LogP) is 5.84. The summed E-state index contributed by atoms with van der Waals surface area (Å²) in [5, 5.41) is 5.01. The lowest BCUT2D eigenvalue weighted by Gasteiger charge is -2.10. The van der Waals surface area contributed by atoms with E-state index in [4.69, 9.17) is 14.6 Å². The third kappa shape index (κ3) is 3.61. The van der Waals surface area contributed by atoms with Crippen molar-refractivity contribution in [2.75, 3.05) is 14.2 Å². The molecule has 4 aromatic rings. The lowest BCUT2D eigenvalue weighted by molar-refractivity contribution is 0.415. The largest absolute Gasteiger partial charge is 0.497 e. The fourth-order valence-corrected chi connectivity index (χ4v) is 3.52. The summed E-state index contributed by atoms with van der Waals surface area (Å²) in [5.41, 5.74) is 7.40. The number of hydrogen-bond donors (Lipinski definition) is 0. The first-order valence-electron chi connectivity index (χ1n) is 9.56. The highest BCUT2D eigenvalue weighted by atomic mass is 16.5. The van der Waals surface area contributed by atoms with Gasteiger partial charge in [0.25, 0.3) is 0 Å². The van der Waals surface area contributed by atoms with Gasteiger partial charge in [0.05, 0.1) is 31.3 Å². The van der Waals surface area contributed by atoms with Crippen LogP contribution in [0.1, 0.15) is 11.1 Å². The zero-order valence-corrected chi connectivity index (χ0v) is 17.1. The van der Waals surface area contributed by atoms with E-state index in [1.807, 2.05) is 41.1 Å². The standard InChI is InChI=1S/C25H24N2O2/c1-17-11-13-21(14-12-17)27-25(20-8-6-10-23(16-20)29-4)18(2)24(26-27)19-7-5-9-22(15-19)28-3/h5-16H,1-4H3. The summed E-state index contributed by atoms with van der Waals surface area (Å²) in [4.78, 5) is 0. The maximum atomic E-state index is 5.45. The van der Waals surface area contributed by atoms with Crippen LogP contribution < -0.4 is 9.47 Å². The van der Waals surface area contributed by atoms with Crippen LogP contribution in [0.4, 0.5) is 0 Å². The van der Waals surface area contributed by atoms with Crippen molar-refractivity contribution in [3.8, 4) is 39.7 Å². The highest BCUT2D eigenvalue weighted by Crippen LogP contribution is 2.35. The van der Waals surface area contributed by atoms with Crippen LogP contribution in [-0.4, -0.2) is 24.0 Å². The quantitative estimate of drug-likeness (QED) is 0.434. The van der Waals surface area contributed by atoms with Gasteiger partial charge in [-0.25, -0.2) is 4.68 Å². The summed E-state index contributed by atoms with van der Waals surface area (Å²) in [5.74, 6) is 1.64. The number of ether oxygens (including phenoxy) is 2. The van der Waals surface area contributed by atoms with Gasteiger partial charge in [0.15, 0.2) is 0 Å². The van der Waals surface area contributed by atoms with Gasteiger partial charge in [-0.05, 0) is 50.2 Å². The van der Waals surface area contributed by atoms with Gasteiger partial charge in [-0.1, -0.05) is 42.0 Å². The number of rotatable bonds is 5. The number of hydrogen-bond acceptors (Lipinski definition) is 3. The second-order valence-electron chi connectivity index (χ2n) is 7.03. The van der Waals surface area contributed by atoms with Gasteiger partial charge in [-0.15, -0.1) is 0 Å². The molecular formula is C25H24N2O2. The molecule has 146 valence electrons. The van der Waals surface area contributed by atoms with E-state index in [-0.39, 0.29) is 0 Å². The Hall–Kier alpha value is -3.53. The highest BCUT2D eigenvalue weighted by Gasteiger charge is 2.19. The van der Waals surface area contributed by atoms with Crippen molar-refractivity contribution < 1.29 is 9.47 Å². The van der Waals surface area contributed by atoms with Crippen molar-refractivity contribution in [2.24, 2.45) is 0 Å². The molecule has 1 aromatic heterocycles. The maximum Gasteiger partial charge on any atom is 0.119 e. The molecule has 3 aromatic carbocycles. The Morgan fingerprint density at radius 2 is 1.31 bits per heavy atom. The third-order valence-corrected chi connectivity index (χ3v) is 5.09. The molecule has 0 atom stereocenters. The average molecular weight is 384 g/mol. The number of aromatic nitrogens is 2. The fourth-order valence-electron chi connectivity index (χ4n) is 3.52. The summed E-state index contributed by atoms with van der Waals surface area (Å²) in [7, 11) is 3.36. The monoisotopic (exact) mass is 384 g/mol. The summed E-state index contributed by atoms with van der Waals surface area (Å²) < 4.78 is 12.9. The van der Waals surface area contributed by atoms with Gasteiger partial charge in [0.2, 0.25) is 0 Å². The zero-order valence-electron chi connectivity index (χ0n) is 17.1. The van der Waals surface area contributed by atoms with Crippen molar-refractivity contribution >= 4 is 0 Å². The Kier molecular flexibility index (Phi) is 5.09. The van der Waals surface area contributed by atoms with E-state index in [2.05, 4.69) is 50.2 Å². The van der Waals surface area contributed by atoms with Gasteiger partial charge in [-0.3, -0.25) is 0 Å². The molecule has 0 unspecified atom stereocenters. The van der Waals surface area contributed by atoms with E-state index in [0.29, 0.717) is 0 Å². The van der Waals surface area contributed by atoms with Crippen molar-refractivity contribution in [2.45, 2.75) is 13.8 Å². The number of methoxy groups -OCH3 is 2. The van der Waals surface area contributed by atoms with Crippen LogP contribution in [0.5, 0.6) is 11.5 Å². The van der Waals surface area contributed by atoms with Crippen LogP contribution in [0.3, 0.4) is 0 Å². The Morgan fingerprint density at radius 1 is 0.724 bits per heavy atom. The molecule has 0 aliphatic heterocycles. The number of aryl methyl sites for hydroxylation is 1. The predicted molar refractivity (Wildman–Crippen MR) is 117 cm³/mol. The molecule has 0 saturated heterocycles. The average Bonchev–Trinajstić information content (AvgIpc) is 3.11. The Bertz CT molecular complexity index is 1140. The lowest BCUT2D eigenvalue weighted by atomic mass is 10.0. The van der Waals surface area contributed by atoms with Gasteiger partial charge in [0, 0.05) is 16.7 Å². The van der Waals surface area contributed by atoms with Crippen molar-refractivity contribution in [1.29, 1.82) is 0 Å². The minimum Gasteiger partial charge on any atom is -0.497 e. The normalized spacial score (nSPS) is 10.8. The molecule has 0 amide bonds. The molecule has 0 spiro atoms. The molecule has 0 saturated carbocycles. The molecule has 0 bridgehead atoms. The van der Waals surface area contributed by atoms with Crippen LogP contribution in [0.2, 0.25) is 0 Å². The highest BCUT2D eigenvalue weighted by molar-refractivity contribution is 5.76. The SMILES string of the molecule is COc1cccc(-c2nn(-c3ccc(C)cc3)c(-c3cccc(OC)c3)c2C)c1. The molecule has 4 heteroatoms. The van der Waals surface area contributed by atoms with E-state index in [1.54, 1.807) is 14.2 Å². The summed E-state index contributed by atoms with van der Waals surface area (Å²) >= 11 is 0. The molecule has 4 rings (SSSR count). The van der Waals surface area contributed by atoms with Crippen LogP contribution in [0.15, 0.2) is 72.8 Å². The second-order valence-corrected chi connectivity index (χ2v) is 7.03. The molecular weight excluding hydrogens is 360 g/mol. The first kappa shape index (κ1) is 18.8. The van der Waals surface area contributed by atoms with E-state index >= 15 is 0 Å². The van der Waals surface area contributed by atoms with Gasteiger partial charge >= 0.3 is 0 Å². The molecule has 0 N–H and O–H groups in total. The third-order valence-electron chi connectivity index (χ3n) is 5.09. The minimum absolute atomic E-state index is 0.815. The molecule has 0 aliphatic carbocycles. The molecule has 0 radical (unpaired) electrons. The lowest BCUT2D eigenvalue weighted by Crippen LogP contribution is -2.00. The topological polar surface area (TPSA) is 36.3 Å². The van der Waals surface area contributed by atoms with E-state index in [9.17, 15) is 0 Å². The van der Waals surface area contributed by atoms with E-state index in [1.165, 1.54) is 5.56 Å². The van der Waals surface area contributed by atoms with Crippen LogP contribution >= 0.6 is 0 Å². The van der Waals surface area contributed by atoms with Crippen LogP contribution in [0, 0.1) is 13.8 Å². The summed E-state index contributed by atoms with van der Waals surface area (Å²) in [6, 6.07) is 24.5. The van der Waals surface area contributed by atoms with Gasteiger partial charge in [-0.2, -0.15) is 5.10 Å². The maximum absolute atomic E-state index is 5.45. The second kappa shape index (κ2) is 7.84. The first-order valence-corrected chi connectivity index (χ1v) is 9.56. The van der Waals surface area contributed by atoms with Gasteiger partial charge < -0.3 is 9.47 Å².